The molecule has 6 heteroatoms. The van der Waals surface area contributed by atoms with E-state index >= 15 is 0 Å². The fourth-order valence-electron chi connectivity index (χ4n) is 5.10. The largest absolute Gasteiger partial charge is 0.497 e. The Balaban J connectivity index is 1.37. The van der Waals surface area contributed by atoms with E-state index in [0.717, 1.165) is 65.9 Å². The number of rotatable bonds is 5. The molecule has 6 rings (SSSR count). The van der Waals surface area contributed by atoms with Crippen molar-refractivity contribution in [2.45, 2.75) is 13.8 Å². The zero-order chi connectivity index (χ0) is 25.4. The van der Waals surface area contributed by atoms with Gasteiger partial charge in [0, 0.05) is 55.1 Å². The summed E-state index contributed by atoms with van der Waals surface area (Å²) < 4.78 is 7.33. The maximum Gasteiger partial charge on any atom is 0.158 e. The molecular formula is C31H31N5O. The molecule has 0 amide bonds. The quantitative estimate of drug-likeness (QED) is 0.302. The van der Waals surface area contributed by atoms with Crippen molar-refractivity contribution >= 4 is 17.2 Å². The maximum atomic E-state index is 5.33. The van der Waals surface area contributed by atoms with E-state index in [-0.39, 0.29) is 0 Å². The van der Waals surface area contributed by atoms with Crippen molar-refractivity contribution in [3.63, 3.8) is 0 Å². The van der Waals surface area contributed by atoms with E-state index in [1.54, 1.807) is 7.11 Å². The van der Waals surface area contributed by atoms with Gasteiger partial charge in [0.25, 0.3) is 0 Å². The number of ether oxygens (including phenoxy) is 1. The molecule has 3 aromatic carbocycles. The predicted molar refractivity (Wildman–Crippen MR) is 151 cm³/mol. The molecule has 186 valence electrons. The number of hydrogen-bond donors (Lipinski definition) is 0. The molecule has 1 aliphatic heterocycles. The number of benzene rings is 3. The van der Waals surface area contributed by atoms with Gasteiger partial charge >= 0.3 is 0 Å². The molecule has 0 N–H and O–H groups in total. The highest BCUT2D eigenvalue weighted by Gasteiger charge is 2.23. The van der Waals surface area contributed by atoms with Crippen LogP contribution in [0.2, 0.25) is 0 Å². The summed E-state index contributed by atoms with van der Waals surface area (Å²) in [5.74, 6) is 1.91. The summed E-state index contributed by atoms with van der Waals surface area (Å²) >= 11 is 0. The monoisotopic (exact) mass is 489 g/mol. The minimum atomic E-state index is 0.833. The fourth-order valence-corrected chi connectivity index (χ4v) is 5.10. The number of anilines is 2. The summed E-state index contributed by atoms with van der Waals surface area (Å²) in [6.07, 6.45) is 0. The molecule has 6 nitrogen and oxygen atoms in total. The highest BCUT2D eigenvalue weighted by atomic mass is 16.5. The summed E-state index contributed by atoms with van der Waals surface area (Å²) in [6, 6.07) is 29.2. The second-order valence-corrected chi connectivity index (χ2v) is 9.59. The van der Waals surface area contributed by atoms with E-state index in [4.69, 9.17) is 14.8 Å². The second-order valence-electron chi connectivity index (χ2n) is 9.59. The van der Waals surface area contributed by atoms with E-state index in [2.05, 4.69) is 78.2 Å². The van der Waals surface area contributed by atoms with Gasteiger partial charge in [-0.3, -0.25) is 0 Å². The molecule has 0 spiro atoms. The Kier molecular flexibility index (Phi) is 6.01. The van der Waals surface area contributed by atoms with Crippen molar-refractivity contribution in [3.8, 4) is 28.3 Å². The number of piperazine rings is 1. The number of fused-ring (bicyclic) bond motifs is 1. The van der Waals surface area contributed by atoms with E-state index in [9.17, 15) is 0 Å². The molecule has 0 atom stereocenters. The molecule has 3 heterocycles. The molecule has 1 fully saturated rings. The molecule has 0 bridgehead atoms. The van der Waals surface area contributed by atoms with E-state index in [0.29, 0.717) is 0 Å². The highest BCUT2D eigenvalue weighted by Crippen LogP contribution is 2.30. The third-order valence-corrected chi connectivity index (χ3v) is 7.38. The van der Waals surface area contributed by atoms with Crippen LogP contribution in [0.1, 0.15) is 11.1 Å². The van der Waals surface area contributed by atoms with Crippen LogP contribution >= 0.6 is 0 Å². The second kappa shape index (κ2) is 9.62. The molecule has 0 aliphatic carbocycles. The van der Waals surface area contributed by atoms with Crippen LogP contribution in [0.3, 0.4) is 0 Å². The summed E-state index contributed by atoms with van der Waals surface area (Å²) in [4.78, 5) is 9.94. The van der Waals surface area contributed by atoms with E-state index in [1.807, 2.05) is 34.8 Å². The summed E-state index contributed by atoms with van der Waals surface area (Å²) in [5.41, 5.74) is 8.89. The van der Waals surface area contributed by atoms with Crippen molar-refractivity contribution in [2.24, 2.45) is 0 Å². The van der Waals surface area contributed by atoms with Crippen LogP contribution in [0.5, 0.6) is 5.75 Å². The Hall–Kier alpha value is -4.32. The van der Waals surface area contributed by atoms with Crippen molar-refractivity contribution in [2.75, 3.05) is 43.1 Å². The minimum absolute atomic E-state index is 0.833. The van der Waals surface area contributed by atoms with Gasteiger partial charge in [-0.1, -0.05) is 42.5 Å². The summed E-state index contributed by atoms with van der Waals surface area (Å²) in [6.45, 7) is 8.16. The van der Waals surface area contributed by atoms with Gasteiger partial charge in [0.05, 0.1) is 18.5 Å². The smallest absolute Gasteiger partial charge is 0.158 e. The minimum Gasteiger partial charge on any atom is -0.497 e. The van der Waals surface area contributed by atoms with Crippen LogP contribution in [0.4, 0.5) is 11.5 Å². The van der Waals surface area contributed by atoms with Crippen LogP contribution in [-0.2, 0) is 0 Å². The van der Waals surface area contributed by atoms with Gasteiger partial charge in [-0.15, -0.1) is 0 Å². The van der Waals surface area contributed by atoms with Crippen LogP contribution in [0.15, 0.2) is 84.9 Å². The standard InChI is InChI=1S/C31H31N5O/c1-22-8-7-11-29(23(22)2)34-16-18-35(19-17-34)31-21-27(24-9-5-4-6-10-24)32-30-20-28(33-36(30)31)25-12-14-26(37-3)15-13-25/h4-15,20-21H,16-19H2,1-3H3. The first kappa shape index (κ1) is 23.1. The zero-order valence-electron chi connectivity index (χ0n) is 21.6. The van der Waals surface area contributed by atoms with Gasteiger partial charge in [0.1, 0.15) is 11.6 Å². The average molecular weight is 490 g/mol. The number of hydrogen-bond acceptors (Lipinski definition) is 5. The van der Waals surface area contributed by atoms with Crippen molar-refractivity contribution in [1.82, 2.24) is 14.6 Å². The molecule has 2 aromatic heterocycles. The first-order valence-electron chi connectivity index (χ1n) is 12.8. The Morgan fingerprint density at radius 1 is 0.703 bits per heavy atom. The van der Waals surface area contributed by atoms with E-state index in [1.165, 1.54) is 16.8 Å². The van der Waals surface area contributed by atoms with Crippen molar-refractivity contribution in [1.29, 1.82) is 0 Å². The third-order valence-electron chi connectivity index (χ3n) is 7.38. The van der Waals surface area contributed by atoms with Crippen LogP contribution in [0, 0.1) is 13.8 Å². The fraction of sp³-hybridized carbons (Fsp3) is 0.226. The molecule has 0 unspecified atom stereocenters. The lowest BCUT2D eigenvalue weighted by Gasteiger charge is -2.38. The van der Waals surface area contributed by atoms with Crippen LogP contribution in [-0.4, -0.2) is 47.9 Å². The first-order chi connectivity index (χ1) is 18.1. The zero-order valence-corrected chi connectivity index (χ0v) is 21.6. The van der Waals surface area contributed by atoms with Gasteiger partial charge in [-0.25, -0.2) is 4.98 Å². The van der Waals surface area contributed by atoms with Gasteiger partial charge in [0.2, 0.25) is 0 Å². The first-order valence-corrected chi connectivity index (χ1v) is 12.8. The highest BCUT2D eigenvalue weighted by molar-refractivity contribution is 5.71. The molecular weight excluding hydrogens is 458 g/mol. The van der Waals surface area contributed by atoms with E-state index < -0.39 is 0 Å². The Morgan fingerprint density at radius 2 is 1.41 bits per heavy atom. The summed E-state index contributed by atoms with van der Waals surface area (Å²) in [7, 11) is 1.68. The normalized spacial score (nSPS) is 13.8. The Bertz CT molecular complexity index is 1530. The van der Waals surface area contributed by atoms with Gasteiger partial charge in [-0.2, -0.15) is 9.61 Å². The topological polar surface area (TPSA) is 45.9 Å². The number of aromatic nitrogens is 3. The van der Waals surface area contributed by atoms with Gasteiger partial charge in [-0.05, 0) is 55.3 Å². The van der Waals surface area contributed by atoms with Crippen LogP contribution in [0.25, 0.3) is 28.2 Å². The average Bonchev–Trinajstić information content (AvgIpc) is 3.39. The number of methoxy groups -OCH3 is 1. The molecule has 1 aliphatic rings. The van der Waals surface area contributed by atoms with Gasteiger partial charge < -0.3 is 14.5 Å². The van der Waals surface area contributed by atoms with Crippen molar-refractivity contribution < 1.29 is 4.74 Å². The van der Waals surface area contributed by atoms with Crippen LogP contribution < -0.4 is 14.5 Å². The predicted octanol–water partition coefficient (Wildman–Crippen LogP) is 6.02. The lowest BCUT2D eigenvalue weighted by molar-refractivity contribution is 0.415. The molecule has 5 aromatic rings. The molecule has 37 heavy (non-hydrogen) atoms. The maximum absolute atomic E-state index is 5.33. The summed E-state index contributed by atoms with van der Waals surface area (Å²) in [5, 5.41) is 5.01. The molecule has 1 saturated heterocycles. The Morgan fingerprint density at radius 3 is 2.14 bits per heavy atom. The lowest BCUT2D eigenvalue weighted by atomic mass is 10.1. The third kappa shape index (κ3) is 4.40. The lowest BCUT2D eigenvalue weighted by Crippen LogP contribution is -2.47. The molecule has 0 saturated carbocycles. The number of aryl methyl sites for hydroxylation is 1. The molecule has 0 radical (unpaired) electrons. The van der Waals surface area contributed by atoms with Gasteiger partial charge in [0.15, 0.2) is 5.65 Å². The Labute approximate surface area is 217 Å². The number of nitrogens with zero attached hydrogens (tertiary/aromatic N) is 5. The SMILES string of the molecule is COc1ccc(-c2cc3nc(-c4ccccc4)cc(N4CCN(c5cccc(C)c5C)CC4)n3n2)cc1. The van der Waals surface area contributed by atoms with Crippen molar-refractivity contribution in [3.05, 3.63) is 96.1 Å².